The number of carbonyl (C=O) groups excluding carboxylic acids is 1. The SMILES string of the molecule is COc1ccc(C=CC(=O)Oc2ccc3c(=O)c(Oc4ccccc4C(C)C)c(C(F)(F)F)oc3c2)cc1. The second-order valence-corrected chi connectivity index (χ2v) is 8.57. The van der Waals surface area contributed by atoms with Crippen molar-refractivity contribution in [2.45, 2.75) is 25.9 Å². The molecule has 0 aliphatic rings. The molecule has 0 saturated carbocycles. The van der Waals surface area contributed by atoms with Gasteiger partial charge in [-0.05, 0) is 53.5 Å². The van der Waals surface area contributed by atoms with E-state index in [1.165, 1.54) is 31.4 Å². The highest BCUT2D eigenvalue weighted by Crippen LogP contribution is 2.40. The van der Waals surface area contributed by atoms with Crippen LogP contribution >= 0.6 is 0 Å². The van der Waals surface area contributed by atoms with E-state index < -0.39 is 34.7 Å². The number of benzene rings is 3. The molecule has 9 heteroatoms. The zero-order valence-electron chi connectivity index (χ0n) is 20.7. The molecule has 0 saturated heterocycles. The molecular weight excluding hydrogens is 501 g/mol. The van der Waals surface area contributed by atoms with Gasteiger partial charge < -0.3 is 18.6 Å². The van der Waals surface area contributed by atoms with Crippen LogP contribution in [0.3, 0.4) is 0 Å². The van der Waals surface area contributed by atoms with Gasteiger partial charge in [0.1, 0.15) is 22.8 Å². The van der Waals surface area contributed by atoms with Gasteiger partial charge in [-0.25, -0.2) is 4.79 Å². The Labute approximate surface area is 215 Å². The van der Waals surface area contributed by atoms with E-state index in [4.69, 9.17) is 18.6 Å². The molecule has 0 aliphatic carbocycles. The number of carbonyl (C=O) groups is 1. The van der Waals surface area contributed by atoms with Crippen LogP contribution in [-0.4, -0.2) is 13.1 Å². The highest BCUT2D eigenvalue weighted by Gasteiger charge is 2.40. The molecule has 0 unspecified atom stereocenters. The first-order valence-corrected chi connectivity index (χ1v) is 11.6. The van der Waals surface area contributed by atoms with Gasteiger partial charge >= 0.3 is 12.1 Å². The number of methoxy groups -OCH3 is 1. The van der Waals surface area contributed by atoms with Crippen LogP contribution in [0, 0.1) is 0 Å². The maximum absolute atomic E-state index is 13.9. The molecule has 1 heterocycles. The number of esters is 1. The van der Waals surface area contributed by atoms with E-state index in [-0.39, 0.29) is 22.8 Å². The number of alkyl halides is 3. The quantitative estimate of drug-likeness (QED) is 0.143. The summed E-state index contributed by atoms with van der Waals surface area (Å²) in [5.41, 5.74) is -0.0793. The van der Waals surface area contributed by atoms with Gasteiger partial charge in [-0.2, -0.15) is 13.2 Å². The smallest absolute Gasteiger partial charge is 0.453 e. The summed E-state index contributed by atoms with van der Waals surface area (Å²) in [6.07, 6.45) is -2.36. The van der Waals surface area contributed by atoms with Crippen LogP contribution in [0.15, 0.2) is 82.0 Å². The van der Waals surface area contributed by atoms with Gasteiger partial charge in [0.05, 0.1) is 12.5 Å². The van der Waals surface area contributed by atoms with Crippen LogP contribution in [0.1, 0.15) is 36.7 Å². The molecule has 0 radical (unpaired) electrons. The highest BCUT2D eigenvalue weighted by molar-refractivity contribution is 5.89. The minimum atomic E-state index is -5.02. The number of halogens is 3. The van der Waals surface area contributed by atoms with Gasteiger partial charge in [0.25, 0.3) is 5.76 Å². The standard InChI is InChI=1S/C29H23F3O6/c1-17(2)21-6-4-5-7-23(21)37-27-26(34)22-14-13-20(16-24(22)38-28(27)29(30,31)32)36-25(33)15-10-18-8-11-19(35-3)12-9-18/h4-17H,1-3H3. The zero-order chi connectivity index (χ0) is 27.4. The second-order valence-electron chi connectivity index (χ2n) is 8.57. The van der Waals surface area contributed by atoms with E-state index in [0.29, 0.717) is 16.9 Å². The summed E-state index contributed by atoms with van der Waals surface area (Å²) in [5, 5.41) is -0.163. The Morgan fingerprint density at radius 2 is 1.66 bits per heavy atom. The van der Waals surface area contributed by atoms with E-state index in [0.717, 1.165) is 12.1 Å². The summed E-state index contributed by atoms with van der Waals surface area (Å²) in [5.74, 6) is -2.72. The number of hydrogen-bond acceptors (Lipinski definition) is 6. The molecular formula is C29H23F3O6. The van der Waals surface area contributed by atoms with Crippen molar-refractivity contribution < 1.29 is 36.6 Å². The molecule has 0 atom stereocenters. The Bertz CT molecular complexity index is 1550. The summed E-state index contributed by atoms with van der Waals surface area (Å²) in [7, 11) is 1.53. The Hall–Kier alpha value is -4.53. The minimum absolute atomic E-state index is 0.0657. The number of rotatable bonds is 7. The number of hydrogen-bond donors (Lipinski definition) is 0. The maximum atomic E-state index is 13.9. The molecule has 0 N–H and O–H groups in total. The largest absolute Gasteiger partial charge is 0.497 e. The predicted octanol–water partition coefficient (Wildman–Crippen LogP) is 7.35. The van der Waals surface area contributed by atoms with Crippen molar-refractivity contribution in [1.29, 1.82) is 0 Å². The van der Waals surface area contributed by atoms with Crippen molar-refractivity contribution in [1.82, 2.24) is 0 Å². The lowest BCUT2D eigenvalue weighted by molar-refractivity contribution is -0.154. The monoisotopic (exact) mass is 524 g/mol. The van der Waals surface area contributed by atoms with Crippen molar-refractivity contribution in [2.24, 2.45) is 0 Å². The number of para-hydroxylation sites is 1. The molecule has 4 aromatic rings. The van der Waals surface area contributed by atoms with E-state index >= 15 is 0 Å². The molecule has 4 rings (SSSR count). The first kappa shape index (κ1) is 26.5. The van der Waals surface area contributed by atoms with E-state index in [9.17, 15) is 22.8 Å². The summed E-state index contributed by atoms with van der Waals surface area (Å²) >= 11 is 0. The molecule has 38 heavy (non-hydrogen) atoms. The van der Waals surface area contributed by atoms with Gasteiger partial charge in [0.15, 0.2) is 0 Å². The van der Waals surface area contributed by atoms with Crippen molar-refractivity contribution in [2.75, 3.05) is 7.11 Å². The molecule has 0 aliphatic heterocycles. The average molecular weight is 524 g/mol. The maximum Gasteiger partial charge on any atom is 0.453 e. The molecule has 0 spiro atoms. The van der Waals surface area contributed by atoms with Crippen molar-refractivity contribution in [3.05, 3.63) is 99.9 Å². The first-order valence-electron chi connectivity index (χ1n) is 11.6. The topological polar surface area (TPSA) is 75.0 Å². The molecule has 6 nitrogen and oxygen atoms in total. The van der Waals surface area contributed by atoms with Crippen LogP contribution < -0.4 is 19.6 Å². The van der Waals surface area contributed by atoms with E-state index in [1.807, 2.05) is 13.8 Å². The summed E-state index contributed by atoms with van der Waals surface area (Å²) in [6.45, 7) is 3.70. The van der Waals surface area contributed by atoms with Crippen LogP contribution in [0.4, 0.5) is 13.2 Å². The molecule has 0 amide bonds. The van der Waals surface area contributed by atoms with Crippen LogP contribution in [0.2, 0.25) is 0 Å². The lowest BCUT2D eigenvalue weighted by atomic mass is 10.0. The Balaban J connectivity index is 1.66. The fourth-order valence-electron chi connectivity index (χ4n) is 3.69. The summed E-state index contributed by atoms with van der Waals surface area (Å²) in [6, 6.07) is 17.0. The van der Waals surface area contributed by atoms with Crippen molar-refractivity contribution >= 4 is 23.0 Å². The fourth-order valence-corrected chi connectivity index (χ4v) is 3.69. The molecule has 0 fully saturated rings. The van der Waals surface area contributed by atoms with Crippen LogP contribution in [0.25, 0.3) is 17.0 Å². The molecule has 196 valence electrons. The molecule has 1 aromatic heterocycles. The zero-order valence-corrected chi connectivity index (χ0v) is 20.7. The van der Waals surface area contributed by atoms with Gasteiger partial charge in [-0.3, -0.25) is 4.79 Å². The van der Waals surface area contributed by atoms with Crippen LogP contribution in [0.5, 0.6) is 23.0 Å². The lowest BCUT2D eigenvalue weighted by Crippen LogP contribution is -2.16. The predicted molar refractivity (Wildman–Crippen MR) is 136 cm³/mol. The van der Waals surface area contributed by atoms with Gasteiger partial charge in [0.2, 0.25) is 11.2 Å². The normalized spacial score (nSPS) is 11.8. The highest BCUT2D eigenvalue weighted by atomic mass is 19.4. The van der Waals surface area contributed by atoms with Crippen LogP contribution in [-0.2, 0) is 11.0 Å². The second kappa shape index (κ2) is 10.8. The fraction of sp³-hybridized carbons (Fsp3) is 0.172. The molecule has 3 aromatic carbocycles. The number of ether oxygens (including phenoxy) is 3. The Kier molecular flexibility index (Phi) is 7.57. The van der Waals surface area contributed by atoms with Crippen molar-refractivity contribution in [3.63, 3.8) is 0 Å². The Morgan fingerprint density at radius 3 is 2.32 bits per heavy atom. The minimum Gasteiger partial charge on any atom is -0.497 e. The summed E-state index contributed by atoms with van der Waals surface area (Å²) in [4.78, 5) is 25.4. The lowest BCUT2D eigenvalue weighted by Gasteiger charge is -2.16. The third-order valence-corrected chi connectivity index (χ3v) is 5.58. The van der Waals surface area contributed by atoms with Crippen molar-refractivity contribution in [3.8, 4) is 23.0 Å². The third kappa shape index (κ3) is 5.88. The van der Waals surface area contributed by atoms with E-state index in [1.54, 1.807) is 42.5 Å². The summed E-state index contributed by atoms with van der Waals surface area (Å²) < 4.78 is 62.7. The van der Waals surface area contributed by atoms with E-state index in [2.05, 4.69) is 0 Å². The first-order chi connectivity index (χ1) is 18.1. The third-order valence-electron chi connectivity index (χ3n) is 5.58. The molecule has 0 bridgehead atoms. The Morgan fingerprint density at radius 1 is 0.974 bits per heavy atom. The average Bonchev–Trinajstić information content (AvgIpc) is 2.88. The number of fused-ring (bicyclic) bond motifs is 1. The van der Waals surface area contributed by atoms with Gasteiger partial charge in [-0.15, -0.1) is 0 Å². The van der Waals surface area contributed by atoms with Gasteiger partial charge in [0, 0.05) is 12.1 Å². The van der Waals surface area contributed by atoms with Gasteiger partial charge in [-0.1, -0.05) is 44.2 Å².